The van der Waals surface area contributed by atoms with Crippen LogP contribution in [-0.2, 0) is 13.0 Å². The highest BCUT2D eigenvalue weighted by Gasteiger charge is 2.11. The van der Waals surface area contributed by atoms with Gasteiger partial charge in [-0.15, -0.1) is 11.3 Å². The van der Waals surface area contributed by atoms with Crippen LogP contribution < -0.4 is 5.32 Å². The molecule has 5 heteroatoms. The van der Waals surface area contributed by atoms with E-state index < -0.39 is 11.6 Å². The Balaban J connectivity index is 1.88. The van der Waals surface area contributed by atoms with Crippen molar-refractivity contribution in [3.8, 4) is 0 Å². The van der Waals surface area contributed by atoms with E-state index in [1.54, 1.807) is 11.3 Å². The molecule has 1 nitrogen and oxygen atoms in total. The molecular formula is C13H12BrF2NS. The summed E-state index contributed by atoms with van der Waals surface area (Å²) in [4.78, 5) is 1.26. The van der Waals surface area contributed by atoms with Crippen LogP contribution in [0, 0.1) is 11.6 Å². The first-order valence-electron chi connectivity index (χ1n) is 5.54. The van der Waals surface area contributed by atoms with Gasteiger partial charge in [0.1, 0.15) is 11.6 Å². The molecule has 1 N–H and O–H groups in total. The fourth-order valence-corrected chi connectivity index (χ4v) is 2.69. The zero-order valence-electron chi connectivity index (χ0n) is 9.55. The van der Waals surface area contributed by atoms with Crippen LogP contribution >= 0.6 is 27.3 Å². The molecule has 0 spiro atoms. The van der Waals surface area contributed by atoms with Crippen molar-refractivity contribution in [2.75, 3.05) is 6.54 Å². The number of benzene rings is 1. The quantitative estimate of drug-likeness (QED) is 0.641. The maximum Gasteiger partial charge on any atom is 0.144 e. The monoisotopic (exact) mass is 331 g/mol. The Morgan fingerprint density at radius 2 is 2.06 bits per heavy atom. The Hall–Kier alpha value is -0.780. The Labute approximate surface area is 117 Å². The third-order valence-electron chi connectivity index (χ3n) is 2.57. The first-order valence-corrected chi connectivity index (χ1v) is 7.21. The van der Waals surface area contributed by atoms with Gasteiger partial charge in [-0.05, 0) is 45.9 Å². The maximum atomic E-state index is 13.6. The smallest absolute Gasteiger partial charge is 0.144 e. The van der Waals surface area contributed by atoms with Crippen molar-refractivity contribution >= 4 is 27.3 Å². The standard InChI is InChI=1S/C13H12BrF2NS/c14-11-3-4-12(15)10(13(11)16)8-17-6-5-9-2-1-7-18-9/h1-4,7,17H,5-6,8H2. The summed E-state index contributed by atoms with van der Waals surface area (Å²) in [6, 6.07) is 6.68. The molecular weight excluding hydrogens is 320 g/mol. The molecule has 0 aliphatic carbocycles. The van der Waals surface area contributed by atoms with Crippen molar-refractivity contribution in [2.45, 2.75) is 13.0 Å². The van der Waals surface area contributed by atoms with E-state index in [9.17, 15) is 8.78 Å². The molecule has 0 atom stereocenters. The second-order valence-electron chi connectivity index (χ2n) is 3.83. The molecule has 18 heavy (non-hydrogen) atoms. The third kappa shape index (κ3) is 3.37. The predicted molar refractivity (Wildman–Crippen MR) is 73.8 cm³/mol. The number of hydrogen-bond donors (Lipinski definition) is 1. The van der Waals surface area contributed by atoms with Crippen LogP contribution in [0.4, 0.5) is 8.78 Å². The zero-order chi connectivity index (χ0) is 13.0. The fraction of sp³-hybridized carbons (Fsp3) is 0.231. The summed E-state index contributed by atoms with van der Waals surface area (Å²) < 4.78 is 27.4. The van der Waals surface area contributed by atoms with E-state index in [-0.39, 0.29) is 12.1 Å². The molecule has 1 aromatic carbocycles. The van der Waals surface area contributed by atoms with Crippen LogP contribution in [0.3, 0.4) is 0 Å². The largest absolute Gasteiger partial charge is 0.312 e. The Kier molecular flexibility index (Phi) is 4.86. The molecule has 0 aliphatic rings. The van der Waals surface area contributed by atoms with E-state index in [0.717, 1.165) is 6.42 Å². The van der Waals surface area contributed by atoms with Crippen molar-refractivity contribution < 1.29 is 8.78 Å². The maximum absolute atomic E-state index is 13.6. The van der Waals surface area contributed by atoms with Gasteiger partial charge >= 0.3 is 0 Å². The third-order valence-corrected chi connectivity index (χ3v) is 4.12. The highest BCUT2D eigenvalue weighted by Crippen LogP contribution is 2.21. The molecule has 2 aromatic rings. The summed E-state index contributed by atoms with van der Waals surface area (Å²) in [5.74, 6) is -1.04. The molecule has 0 amide bonds. The first kappa shape index (κ1) is 13.6. The summed E-state index contributed by atoms with van der Waals surface area (Å²) in [5.41, 5.74) is 0.0792. The molecule has 0 saturated heterocycles. The Morgan fingerprint density at radius 1 is 1.22 bits per heavy atom. The predicted octanol–water partition coefficient (Wildman–Crippen LogP) is 4.12. The van der Waals surface area contributed by atoms with Gasteiger partial charge < -0.3 is 5.32 Å². The summed E-state index contributed by atoms with van der Waals surface area (Å²) >= 11 is 4.74. The van der Waals surface area contributed by atoms with Crippen molar-refractivity contribution in [3.05, 3.63) is 56.2 Å². The molecule has 0 fully saturated rings. The summed E-state index contributed by atoms with van der Waals surface area (Å²) in [7, 11) is 0. The van der Waals surface area contributed by atoms with Crippen LogP contribution in [0.5, 0.6) is 0 Å². The van der Waals surface area contributed by atoms with Gasteiger partial charge in [-0.3, -0.25) is 0 Å². The van der Waals surface area contributed by atoms with Crippen molar-refractivity contribution in [1.82, 2.24) is 5.32 Å². The van der Waals surface area contributed by atoms with E-state index in [1.807, 2.05) is 17.5 Å². The zero-order valence-corrected chi connectivity index (χ0v) is 12.0. The van der Waals surface area contributed by atoms with Gasteiger partial charge in [-0.25, -0.2) is 8.78 Å². The van der Waals surface area contributed by atoms with Crippen LogP contribution in [-0.4, -0.2) is 6.54 Å². The van der Waals surface area contributed by atoms with E-state index in [4.69, 9.17) is 0 Å². The van der Waals surface area contributed by atoms with E-state index in [1.165, 1.54) is 17.0 Å². The first-order chi connectivity index (χ1) is 8.68. The molecule has 96 valence electrons. The van der Waals surface area contributed by atoms with Gasteiger partial charge in [0.2, 0.25) is 0 Å². The van der Waals surface area contributed by atoms with Crippen LogP contribution in [0.1, 0.15) is 10.4 Å². The molecule has 0 bridgehead atoms. The summed E-state index contributed by atoms with van der Waals surface area (Å²) in [6.07, 6.45) is 0.870. The highest BCUT2D eigenvalue weighted by molar-refractivity contribution is 9.10. The second kappa shape index (κ2) is 6.41. The Morgan fingerprint density at radius 3 is 2.78 bits per heavy atom. The molecule has 0 radical (unpaired) electrons. The summed E-state index contributed by atoms with van der Waals surface area (Å²) in [6.45, 7) is 0.897. The molecule has 1 heterocycles. The lowest BCUT2D eigenvalue weighted by Crippen LogP contribution is -2.18. The minimum Gasteiger partial charge on any atom is -0.312 e. The number of rotatable bonds is 5. The molecule has 2 rings (SSSR count). The fourth-order valence-electron chi connectivity index (χ4n) is 1.61. The highest BCUT2D eigenvalue weighted by atomic mass is 79.9. The SMILES string of the molecule is Fc1ccc(Br)c(F)c1CNCCc1cccs1. The molecule has 1 aromatic heterocycles. The lowest BCUT2D eigenvalue weighted by molar-refractivity contribution is 0.533. The topological polar surface area (TPSA) is 12.0 Å². The van der Waals surface area contributed by atoms with Gasteiger partial charge in [0.05, 0.1) is 4.47 Å². The van der Waals surface area contributed by atoms with E-state index in [0.29, 0.717) is 11.0 Å². The average Bonchev–Trinajstić information content (AvgIpc) is 2.86. The lowest BCUT2D eigenvalue weighted by Gasteiger charge is -2.07. The van der Waals surface area contributed by atoms with E-state index in [2.05, 4.69) is 21.2 Å². The average molecular weight is 332 g/mol. The Bertz CT molecular complexity index is 514. The normalized spacial score (nSPS) is 10.8. The minimum atomic E-state index is -0.529. The van der Waals surface area contributed by atoms with Crippen LogP contribution in [0.2, 0.25) is 0 Å². The van der Waals surface area contributed by atoms with Gasteiger partial charge in [0, 0.05) is 23.5 Å². The molecule has 0 unspecified atom stereocenters. The van der Waals surface area contributed by atoms with Gasteiger partial charge in [-0.2, -0.15) is 0 Å². The minimum absolute atomic E-state index is 0.0792. The van der Waals surface area contributed by atoms with Crippen molar-refractivity contribution in [3.63, 3.8) is 0 Å². The molecule has 0 saturated carbocycles. The number of nitrogens with one attached hydrogen (secondary N) is 1. The molecule has 0 aliphatic heterocycles. The number of hydrogen-bond acceptors (Lipinski definition) is 2. The van der Waals surface area contributed by atoms with Gasteiger partial charge in [0.25, 0.3) is 0 Å². The van der Waals surface area contributed by atoms with Gasteiger partial charge in [0.15, 0.2) is 0 Å². The van der Waals surface area contributed by atoms with Gasteiger partial charge in [-0.1, -0.05) is 6.07 Å². The second-order valence-corrected chi connectivity index (χ2v) is 5.71. The van der Waals surface area contributed by atoms with Crippen LogP contribution in [0.25, 0.3) is 0 Å². The van der Waals surface area contributed by atoms with Crippen LogP contribution in [0.15, 0.2) is 34.1 Å². The lowest BCUT2D eigenvalue weighted by atomic mass is 10.2. The van der Waals surface area contributed by atoms with Crippen molar-refractivity contribution in [1.29, 1.82) is 0 Å². The number of thiophene rings is 1. The summed E-state index contributed by atoms with van der Waals surface area (Å²) in [5, 5.41) is 5.07. The van der Waals surface area contributed by atoms with E-state index >= 15 is 0 Å². The van der Waals surface area contributed by atoms with Crippen molar-refractivity contribution in [2.24, 2.45) is 0 Å². The number of halogens is 3.